The molecule has 0 bridgehead atoms. The van der Waals surface area contributed by atoms with Crippen LogP contribution >= 0.6 is 0 Å². The first-order valence-electron chi connectivity index (χ1n) is 7.79. The third-order valence-corrected chi connectivity index (χ3v) is 3.77. The largest absolute Gasteiger partial charge is 0.453 e. The number of rotatable bonds is 5. The van der Waals surface area contributed by atoms with Crippen LogP contribution in [-0.4, -0.2) is 18.1 Å². The lowest BCUT2D eigenvalue weighted by molar-refractivity contribution is 0.478. The van der Waals surface area contributed by atoms with Crippen LogP contribution in [0.2, 0.25) is 0 Å². The first kappa shape index (κ1) is 15.3. The van der Waals surface area contributed by atoms with Crippen molar-refractivity contribution in [1.82, 2.24) is 4.98 Å². The SMILES string of the molecule is CCN(CC)c1nc2ccccc2cc1Oc1ccc(F)cc1. The molecule has 4 heteroatoms. The molecule has 0 radical (unpaired) electrons. The zero-order valence-corrected chi connectivity index (χ0v) is 13.3. The second kappa shape index (κ2) is 6.65. The zero-order chi connectivity index (χ0) is 16.2. The van der Waals surface area contributed by atoms with E-state index < -0.39 is 0 Å². The van der Waals surface area contributed by atoms with E-state index in [1.165, 1.54) is 12.1 Å². The van der Waals surface area contributed by atoms with Crippen molar-refractivity contribution in [1.29, 1.82) is 0 Å². The van der Waals surface area contributed by atoms with Gasteiger partial charge in [-0.05, 0) is 50.2 Å². The van der Waals surface area contributed by atoms with Crippen LogP contribution < -0.4 is 9.64 Å². The Morgan fingerprint density at radius 2 is 1.70 bits per heavy atom. The summed E-state index contributed by atoms with van der Waals surface area (Å²) in [5.74, 6) is 1.80. The summed E-state index contributed by atoms with van der Waals surface area (Å²) in [7, 11) is 0. The predicted octanol–water partition coefficient (Wildman–Crippen LogP) is 5.01. The zero-order valence-electron chi connectivity index (χ0n) is 13.3. The molecule has 0 spiro atoms. The Morgan fingerprint density at radius 1 is 1.00 bits per heavy atom. The number of halogens is 1. The monoisotopic (exact) mass is 310 g/mol. The molecule has 0 unspecified atom stereocenters. The van der Waals surface area contributed by atoms with Crippen molar-refractivity contribution in [3.63, 3.8) is 0 Å². The minimum absolute atomic E-state index is 0.280. The van der Waals surface area contributed by atoms with Gasteiger partial charge in [-0.25, -0.2) is 9.37 Å². The highest BCUT2D eigenvalue weighted by atomic mass is 19.1. The van der Waals surface area contributed by atoms with E-state index in [1.54, 1.807) is 12.1 Å². The van der Waals surface area contributed by atoms with Gasteiger partial charge in [0.05, 0.1) is 5.52 Å². The van der Waals surface area contributed by atoms with Gasteiger partial charge in [-0.1, -0.05) is 18.2 Å². The third-order valence-electron chi connectivity index (χ3n) is 3.77. The summed E-state index contributed by atoms with van der Waals surface area (Å²) in [5, 5.41) is 1.01. The molecule has 0 N–H and O–H groups in total. The third kappa shape index (κ3) is 3.26. The molecule has 0 saturated heterocycles. The van der Waals surface area contributed by atoms with Crippen molar-refractivity contribution in [2.75, 3.05) is 18.0 Å². The number of aromatic nitrogens is 1. The van der Waals surface area contributed by atoms with Crippen molar-refractivity contribution < 1.29 is 9.13 Å². The summed E-state index contributed by atoms with van der Waals surface area (Å²) in [4.78, 5) is 6.90. The lowest BCUT2D eigenvalue weighted by atomic mass is 10.2. The van der Waals surface area contributed by atoms with E-state index in [0.29, 0.717) is 11.5 Å². The second-order valence-corrected chi connectivity index (χ2v) is 5.23. The van der Waals surface area contributed by atoms with E-state index in [4.69, 9.17) is 9.72 Å². The molecule has 3 nitrogen and oxygen atoms in total. The van der Waals surface area contributed by atoms with Crippen LogP contribution in [0.1, 0.15) is 13.8 Å². The molecular weight excluding hydrogens is 291 g/mol. The fraction of sp³-hybridized carbons (Fsp3) is 0.211. The topological polar surface area (TPSA) is 25.4 Å². The molecule has 0 fully saturated rings. The van der Waals surface area contributed by atoms with Gasteiger partial charge in [-0.2, -0.15) is 0 Å². The van der Waals surface area contributed by atoms with Crippen molar-refractivity contribution in [3.8, 4) is 11.5 Å². The lowest BCUT2D eigenvalue weighted by Crippen LogP contribution is -2.23. The first-order valence-corrected chi connectivity index (χ1v) is 7.79. The molecule has 0 amide bonds. The number of nitrogens with zero attached hydrogens (tertiary/aromatic N) is 2. The smallest absolute Gasteiger partial charge is 0.172 e. The standard InChI is InChI=1S/C19H19FN2O/c1-3-22(4-2)19-18(23-16-11-9-15(20)10-12-16)13-14-7-5-6-8-17(14)21-19/h5-13H,3-4H2,1-2H3. The average molecular weight is 310 g/mol. The van der Waals surface area contributed by atoms with E-state index >= 15 is 0 Å². The van der Waals surface area contributed by atoms with Gasteiger partial charge in [-0.15, -0.1) is 0 Å². The maximum Gasteiger partial charge on any atom is 0.172 e. The number of hydrogen-bond donors (Lipinski definition) is 0. The maximum absolute atomic E-state index is 13.1. The maximum atomic E-state index is 13.1. The molecule has 1 heterocycles. The molecule has 0 aliphatic heterocycles. The number of ether oxygens (including phenoxy) is 1. The van der Waals surface area contributed by atoms with Gasteiger partial charge in [-0.3, -0.25) is 0 Å². The van der Waals surface area contributed by atoms with Gasteiger partial charge in [0.25, 0.3) is 0 Å². The molecule has 0 saturated carbocycles. The molecule has 118 valence electrons. The number of anilines is 1. The van der Waals surface area contributed by atoms with Crippen molar-refractivity contribution in [2.24, 2.45) is 0 Å². The Labute approximate surface area is 135 Å². The van der Waals surface area contributed by atoms with Gasteiger partial charge in [0.15, 0.2) is 11.6 Å². The van der Waals surface area contributed by atoms with Crippen LogP contribution in [-0.2, 0) is 0 Å². The quantitative estimate of drug-likeness (QED) is 0.662. The van der Waals surface area contributed by atoms with Crippen LogP contribution in [0.25, 0.3) is 10.9 Å². The molecule has 1 aromatic heterocycles. The predicted molar refractivity (Wildman–Crippen MR) is 91.8 cm³/mol. The normalized spacial score (nSPS) is 10.7. The Kier molecular flexibility index (Phi) is 4.42. The van der Waals surface area contributed by atoms with Crippen LogP contribution in [0.4, 0.5) is 10.2 Å². The van der Waals surface area contributed by atoms with E-state index in [0.717, 1.165) is 29.8 Å². The minimum Gasteiger partial charge on any atom is -0.453 e. The Hall–Kier alpha value is -2.62. The van der Waals surface area contributed by atoms with E-state index in [9.17, 15) is 4.39 Å². The van der Waals surface area contributed by atoms with Crippen LogP contribution in [0, 0.1) is 5.82 Å². The van der Waals surface area contributed by atoms with Crippen LogP contribution in [0.3, 0.4) is 0 Å². The van der Waals surface area contributed by atoms with E-state index in [-0.39, 0.29) is 5.82 Å². The van der Waals surface area contributed by atoms with E-state index in [2.05, 4.69) is 18.7 Å². The molecule has 3 rings (SSSR count). The van der Waals surface area contributed by atoms with Gasteiger partial charge in [0.2, 0.25) is 0 Å². The first-order chi connectivity index (χ1) is 11.2. The number of para-hydroxylation sites is 1. The molecule has 0 aliphatic rings. The Bertz CT molecular complexity index is 798. The van der Waals surface area contributed by atoms with Gasteiger partial charge in [0, 0.05) is 18.5 Å². The fourth-order valence-corrected chi connectivity index (χ4v) is 2.54. The lowest BCUT2D eigenvalue weighted by Gasteiger charge is -2.23. The van der Waals surface area contributed by atoms with E-state index in [1.807, 2.05) is 30.3 Å². The summed E-state index contributed by atoms with van der Waals surface area (Å²) in [6.07, 6.45) is 0. The Balaban J connectivity index is 2.08. The molecular formula is C19H19FN2O. The summed E-state index contributed by atoms with van der Waals surface area (Å²) in [5.41, 5.74) is 0.931. The molecule has 2 aromatic carbocycles. The average Bonchev–Trinajstić information content (AvgIpc) is 2.58. The highest BCUT2D eigenvalue weighted by Crippen LogP contribution is 2.33. The van der Waals surface area contributed by atoms with Gasteiger partial charge < -0.3 is 9.64 Å². The van der Waals surface area contributed by atoms with Crippen molar-refractivity contribution in [2.45, 2.75) is 13.8 Å². The fourth-order valence-electron chi connectivity index (χ4n) is 2.54. The molecule has 0 aliphatic carbocycles. The highest BCUT2D eigenvalue weighted by Gasteiger charge is 2.14. The summed E-state index contributed by atoms with van der Waals surface area (Å²) < 4.78 is 19.1. The van der Waals surface area contributed by atoms with Crippen molar-refractivity contribution >= 4 is 16.7 Å². The highest BCUT2D eigenvalue weighted by molar-refractivity contribution is 5.83. The van der Waals surface area contributed by atoms with Crippen LogP contribution in [0.15, 0.2) is 54.6 Å². The molecule has 0 atom stereocenters. The summed E-state index contributed by atoms with van der Waals surface area (Å²) in [6.45, 7) is 5.84. The Morgan fingerprint density at radius 3 is 2.39 bits per heavy atom. The minimum atomic E-state index is -0.280. The van der Waals surface area contributed by atoms with Crippen molar-refractivity contribution in [3.05, 3.63) is 60.4 Å². The number of hydrogen-bond acceptors (Lipinski definition) is 3. The van der Waals surface area contributed by atoms with Gasteiger partial charge >= 0.3 is 0 Å². The van der Waals surface area contributed by atoms with Crippen LogP contribution in [0.5, 0.6) is 11.5 Å². The number of pyridine rings is 1. The number of benzene rings is 2. The summed E-state index contributed by atoms with van der Waals surface area (Å²) in [6, 6.07) is 16.0. The summed E-state index contributed by atoms with van der Waals surface area (Å²) >= 11 is 0. The molecule has 3 aromatic rings. The second-order valence-electron chi connectivity index (χ2n) is 5.23. The molecule has 23 heavy (non-hydrogen) atoms. The van der Waals surface area contributed by atoms with Gasteiger partial charge in [0.1, 0.15) is 11.6 Å². The number of fused-ring (bicyclic) bond motifs is 1.